The van der Waals surface area contributed by atoms with E-state index < -0.39 is 17.6 Å². The lowest BCUT2D eigenvalue weighted by Gasteiger charge is -2.28. The number of thiazole rings is 1. The van der Waals surface area contributed by atoms with Gasteiger partial charge in [0.25, 0.3) is 0 Å². The second-order valence-electron chi connectivity index (χ2n) is 11.5. The molecule has 0 fully saturated rings. The first-order chi connectivity index (χ1) is 18.5. The minimum atomic E-state index is -1.18. The van der Waals surface area contributed by atoms with Gasteiger partial charge in [-0.25, -0.2) is 4.98 Å². The highest BCUT2D eigenvalue weighted by molar-refractivity contribution is 7.22. The normalized spacial score (nSPS) is 14.1. The Morgan fingerprint density at radius 3 is 2.72 bits per heavy atom. The Bertz CT molecular complexity index is 1580. The molecule has 1 atom stereocenters. The van der Waals surface area contributed by atoms with Crippen LogP contribution in [0.1, 0.15) is 57.4 Å². The highest BCUT2D eigenvalue weighted by atomic mass is 32.1. The summed E-state index contributed by atoms with van der Waals surface area (Å²) in [6, 6.07) is 7.95. The largest absolute Gasteiger partial charge is 0.493 e. The van der Waals surface area contributed by atoms with Crippen LogP contribution in [0.5, 0.6) is 5.75 Å². The molecule has 0 spiro atoms. The summed E-state index contributed by atoms with van der Waals surface area (Å²) in [7, 11) is 2.04. The molecule has 0 unspecified atom stereocenters. The zero-order valence-electron chi connectivity index (χ0n) is 23.5. The maximum absolute atomic E-state index is 13.1. The predicted octanol–water partition coefficient (Wildman–Crippen LogP) is 7.00. The van der Waals surface area contributed by atoms with Gasteiger partial charge in [-0.2, -0.15) is 0 Å². The molecule has 2 aromatic heterocycles. The Balaban J connectivity index is 1.87. The van der Waals surface area contributed by atoms with Crippen LogP contribution in [-0.4, -0.2) is 41.7 Å². The van der Waals surface area contributed by atoms with E-state index in [-0.39, 0.29) is 0 Å². The molecule has 3 heterocycles. The molecule has 0 aliphatic carbocycles. The molecule has 0 N–H and O–H groups in total. The van der Waals surface area contributed by atoms with Crippen LogP contribution in [-0.2, 0) is 16.0 Å². The number of carbonyl (C=O) groups excluding carboxylic acids is 1. The van der Waals surface area contributed by atoms with E-state index in [4.69, 9.17) is 19.4 Å². The molecule has 9 heteroatoms. The van der Waals surface area contributed by atoms with Gasteiger partial charge in [-0.15, -0.1) is 4.91 Å². The molecule has 1 aliphatic rings. The molecule has 0 saturated heterocycles. The average molecular weight is 547 g/mol. The molecule has 1 aliphatic heterocycles. The van der Waals surface area contributed by atoms with Gasteiger partial charge in [-0.3, -0.25) is 9.78 Å². The lowest BCUT2D eigenvalue weighted by molar-refractivity contribution is -0.139. The lowest BCUT2D eigenvalue weighted by Crippen LogP contribution is -2.27. The molecule has 204 valence electrons. The Morgan fingerprint density at radius 2 is 2.03 bits per heavy atom. The Hall–Kier alpha value is -3.43. The van der Waals surface area contributed by atoms with Gasteiger partial charge < -0.3 is 14.4 Å². The molecule has 0 radical (unpaired) electrons. The maximum atomic E-state index is 13.1. The van der Waals surface area contributed by atoms with Crippen molar-refractivity contribution >= 4 is 43.5 Å². The van der Waals surface area contributed by atoms with E-state index in [1.807, 2.05) is 65.2 Å². The van der Waals surface area contributed by atoms with Crippen molar-refractivity contribution in [2.75, 3.05) is 25.1 Å². The quantitative estimate of drug-likeness (QED) is 0.230. The molecular formula is C30H34N4O4S. The third-order valence-electron chi connectivity index (χ3n) is 6.77. The van der Waals surface area contributed by atoms with Crippen molar-refractivity contribution in [3.05, 3.63) is 52.1 Å². The topological polar surface area (TPSA) is 94.0 Å². The summed E-state index contributed by atoms with van der Waals surface area (Å²) in [4.78, 5) is 36.6. The summed E-state index contributed by atoms with van der Waals surface area (Å²) in [6.07, 6.45) is 1.43. The number of aryl methyl sites for hydroxylation is 1. The average Bonchev–Trinajstić information content (AvgIpc) is 3.30. The predicted molar refractivity (Wildman–Crippen MR) is 157 cm³/mol. The molecular weight excluding hydrogens is 512 g/mol. The van der Waals surface area contributed by atoms with E-state index in [1.165, 1.54) is 5.56 Å². The van der Waals surface area contributed by atoms with Crippen LogP contribution in [0.15, 0.2) is 35.6 Å². The maximum Gasteiger partial charge on any atom is 0.319 e. The molecule has 0 saturated carbocycles. The zero-order valence-corrected chi connectivity index (χ0v) is 24.3. The Labute approximate surface area is 232 Å². The van der Waals surface area contributed by atoms with Crippen molar-refractivity contribution in [2.45, 2.75) is 59.7 Å². The van der Waals surface area contributed by atoms with Crippen LogP contribution in [0, 0.1) is 17.7 Å². The number of benzene rings is 2. The number of hydrogen-bond acceptors (Lipinski definition) is 8. The minimum Gasteiger partial charge on any atom is -0.493 e. The summed E-state index contributed by atoms with van der Waals surface area (Å²) in [5.41, 5.74) is 5.11. The summed E-state index contributed by atoms with van der Waals surface area (Å²) < 4.78 is 13.1. The molecule has 2 aromatic carbocycles. The number of ether oxygens (including phenoxy) is 2. The fourth-order valence-electron chi connectivity index (χ4n) is 5.33. The number of fused-ring (bicyclic) bond motifs is 1. The lowest BCUT2D eigenvalue weighted by atomic mass is 9.88. The van der Waals surface area contributed by atoms with Crippen molar-refractivity contribution in [3.63, 3.8) is 0 Å². The number of aromatic nitrogens is 2. The fourth-order valence-corrected chi connectivity index (χ4v) is 6.42. The van der Waals surface area contributed by atoms with Crippen LogP contribution in [0.4, 0.5) is 5.13 Å². The van der Waals surface area contributed by atoms with Crippen molar-refractivity contribution in [1.29, 1.82) is 0 Å². The molecule has 4 aromatic rings. The van der Waals surface area contributed by atoms with Crippen LogP contribution >= 0.6 is 11.3 Å². The summed E-state index contributed by atoms with van der Waals surface area (Å²) in [5, 5.41) is 4.66. The second kappa shape index (κ2) is 10.3. The highest BCUT2D eigenvalue weighted by Gasteiger charge is 2.34. The van der Waals surface area contributed by atoms with Gasteiger partial charge >= 0.3 is 5.91 Å². The number of hydrogen-bond donors (Lipinski definition) is 0. The van der Waals surface area contributed by atoms with Gasteiger partial charge in [0.15, 0.2) is 11.2 Å². The van der Waals surface area contributed by atoms with E-state index >= 15 is 0 Å². The van der Waals surface area contributed by atoms with Crippen LogP contribution in [0.3, 0.4) is 0 Å². The van der Waals surface area contributed by atoms with Gasteiger partial charge in [0, 0.05) is 53.5 Å². The summed E-state index contributed by atoms with van der Waals surface area (Å²) in [5.74, 6) is 0.391. The van der Waals surface area contributed by atoms with Crippen molar-refractivity contribution in [2.24, 2.45) is 11.1 Å². The molecule has 8 nitrogen and oxygen atoms in total. The van der Waals surface area contributed by atoms with E-state index in [2.05, 4.69) is 23.9 Å². The van der Waals surface area contributed by atoms with Crippen molar-refractivity contribution in [3.8, 4) is 16.9 Å². The highest BCUT2D eigenvalue weighted by Crippen LogP contribution is 2.47. The molecule has 0 bridgehead atoms. The first kappa shape index (κ1) is 27.1. The summed E-state index contributed by atoms with van der Waals surface area (Å²) in [6.45, 7) is 13.3. The van der Waals surface area contributed by atoms with Crippen molar-refractivity contribution < 1.29 is 14.3 Å². The number of rotatable bonds is 7. The number of nitrogens with zero attached hydrogens (tertiary/aromatic N) is 4. The number of anilines is 1. The van der Waals surface area contributed by atoms with E-state index in [0.717, 1.165) is 61.7 Å². The van der Waals surface area contributed by atoms with Gasteiger partial charge in [0.2, 0.25) is 0 Å². The van der Waals surface area contributed by atoms with Gasteiger partial charge in [0.1, 0.15) is 5.75 Å². The Kier molecular flexibility index (Phi) is 7.15. The Morgan fingerprint density at radius 1 is 1.26 bits per heavy atom. The molecule has 39 heavy (non-hydrogen) atoms. The van der Waals surface area contributed by atoms with E-state index in [9.17, 15) is 9.70 Å². The molecule has 5 rings (SSSR count). The van der Waals surface area contributed by atoms with Gasteiger partial charge in [-0.1, -0.05) is 25.2 Å². The number of carbonyl (C=O) groups is 1. The van der Waals surface area contributed by atoms with Crippen molar-refractivity contribution in [1.82, 2.24) is 9.97 Å². The number of amides is 1. The number of nitroso groups, excluding NO2 is 1. The minimum absolute atomic E-state index is 0.462. The third-order valence-corrected chi connectivity index (χ3v) is 7.97. The van der Waals surface area contributed by atoms with E-state index in [1.54, 1.807) is 11.3 Å². The van der Waals surface area contributed by atoms with Crippen LogP contribution in [0.25, 0.3) is 32.2 Å². The second-order valence-corrected chi connectivity index (χ2v) is 12.5. The zero-order chi connectivity index (χ0) is 28.1. The first-order valence-electron chi connectivity index (χ1n) is 13.2. The summed E-state index contributed by atoms with van der Waals surface area (Å²) >= 11 is 1.56. The van der Waals surface area contributed by atoms with Crippen LogP contribution in [0.2, 0.25) is 0 Å². The van der Waals surface area contributed by atoms with Gasteiger partial charge in [0.05, 0.1) is 27.9 Å². The monoisotopic (exact) mass is 546 g/mol. The smallest absolute Gasteiger partial charge is 0.319 e. The first-order valence-corrected chi connectivity index (χ1v) is 14.0. The SMILES string of the molecule is Cc1cc2nc(N(C)CC(C)C)sc2c(-c2ccc3c4c(ccnc24)CCO3)c1[C@H](OC(C)(C)C)C(=O)N=O. The van der Waals surface area contributed by atoms with Gasteiger partial charge in [-0.05, 0) is 69.0 Å². The molecule has 1 amide bonds. The third kappa shape index (κ3) is 5.13. The van der Waals surface area contributed by atoms with E-state index in [0.29, 0.717) is 18.1 Å². The van der Waals surface area contributed by atoms with Crippen LogP contribution < -0.4 is 9.64 Å². The number of pyridine rings is 1. The standard InChI is InChI=1S/C30H34N4O4S/c1-16(2)15-34(7)29-32-20-14-17(3)22(26(28(35)33-36)38-30(4,5)6)24(27(20)39-29)19-8-9-21-23-18(11-13-37-21)10-12-31-25(19)23/h8-10,12,14,16,26H,11,13,15H2,1-7H3/t26-/m0/s1. The fraction of sp³-hybridized carbons (Fsp3) is 0.433.